The normalized spacial score (nSPS) is 25.1. The van der Waals surface area contributed by atoms with Crippen LogP contribution in [0.15, 0.2) is 30.3 Å². The number of benzene rings is 1. The molecule has 1 fully saturated rings. The van der Waals surface area contributed by atoms with Gasteiger partial charge in [0, 0.05) is 19.1 Å². The maximum Gasteiger partial charge on any atom is 0.0357 e. The summed E-state index contributed by atoms with van der Waals surface area (Å²) in [7, 11) is 4.44. The molecule has 2 rings (SSSR count). The summed E-state index contributed by atoms with van der Waals surface area (Å²) in [5.41, 5.74) is 1.45. The Labute approximate surface area is 92.5 Å². The van der Waals surface area contributed by atoms with Gasteiger partial charge < -0.3 is 4.90 Å². The third kappa shape index (κ3) is 2.58. The molecule has 1 atom stereocenters. The first-order valence-electron chi connectivity index (χ1n) is 5.71. The molecule has 0 aromatic heterocycles. The number of hydrogen-bond acceptors (Lipinski definition) is 2. The van der Waals surface area contributed by atoms with Gasteiger partial charge in [0.1, 0.15) is 0 Å². The molecular weight excluding hydrogens is 184 g/mol. The molecule has 1 heterocycles. The van der Waals surface area contributed by atoms with Crippen LogP contribution in [0.3, 0.4) is 0 Å². The smallest absolute Gasteiger partial charge is 0.0357 e. The van der Waals surface area contributed by atoms with E-state index in [1.807, 2.05) is 0 Å². The Morgan fingerprint density at radius 3 is 2.47 bits per heavy atom. The highest BCUT2D eigenvalue weighted by atomic mass is 15.2. The standard InChI is InChI=1S/C13H20N2/c1-14-9-8-13(15(2)11-10-14)12-6-4-3-5-7-12/h3-7,13H,8-11H2,1-2H3. The summed E-state index contributed by atoms with van der Waals surface area (Å²) in [4.78, 5) is 4.89. The van der Waals surface area contributed by atoms with Crippen molar-refractivity contribution in [2.45, 2.75) is 12.5 Å². The van der Waals surface area contributed by atoms with Crippen molar-refractivity contribution in [3.63, 3.8) is 0 Å². The third-order valence-electron chi connectivity index (χ3n) is 3.34. The molecule has 0 spiro atoms. The van der Waals surface area contributed by atoms with Gasteiger partial charge in [-0.2, -0.15) is 0 Å². The Bertz CT molecular complexity index is 297. The average Bonchev–Trinajstić information content (AvgIpc) is 2.43. The topological polar surface area (TPSA) is 6.48 Å². The monoisotopic (exact) mass is 204 g/mol. The first kappa shape index (κ1) is 10.7. The lowest BCUT2D eigenvalue weighted by Crippen LogP contribution is -2.27. The Morgan fingerprint density at radius 2 is 1.73 bits per heavy atom. The Balaban J connectivity index is 2.13. The van der Waals surface area contributed by atoms with Gasteiger partial charge in [-0.15, -0.1) is 0 Å². The molecule has 0 N–H and O–H groups in total. The predicted octanol–water partition coefficient (Wildman–Crippen LogP) is 2.00. The minimum Gasteiger partial charge on any atom is -0.305 e. The van der Waals surface area contributed by atoms with E-state index in [0.717, 1.165) is 6.54 Å². The second-order valence-corrected chi connectivity index (χ2v) is 4.50. The van der Waals surface area contributed by atoms with Crippen LogP contribution in [0.2, 0.25) is 0 Å². The van der Waals surface area contributed by atoms with Gasteiger partial charge in [-0.25, -0.2) is 0 Å². The summed E-state index contributed by atoms with van der Waals surface area (Å²) in [6, 6.07) is 11.4. The van der Waals surface area contributed by atoms with Gasteiger partial charge >= 0.3 is 0 Å². The van der Waals surface area contributed by atoms with Crippen LogP contribution in [-0.2, 0) is 0 Å². The second kappa shape index (κ2) is 4.77. The fourth-order valence-electron chi connectivity index (χ4n) is 2.26. The number of hydrogen-bond donors (Lipinski definition) is 0. The zero-order valence-corrected chi connectivity index (χ0v) is 9.69. The minimum absolute atomic E-state index is 0.594. The summed E-state index contributed by atoms with van der Waals surface area (Å²) in [5.74, 6) is 0. The van der Waals surface area contributed by atoms with Crippen LogP contribution in [0.1, 0.15) is 18.0 Å². The van der Waals surface area contributed by atoms with E-state index in [2.05, 4.69) is 54.2 Å². The molecule has 1 aromatic rings. The summed E-state index contributed by atoms with van der Waals surface area (Å²) in [5, 5.41) is 0. The molecule has 0 amide bonds. The summed E-state index contributed by atoms with van der Waals surface area (Å²) >= 11 is 0. The molecule has 0 radical (unpaired) electrons. The van der Waals surface area contributed by atoms with Crippen molar-refractivity contribution >= 4 is 0 Å². The van der Waals surface area contributed by atoms with E-state index in [0.29, 0.717) is 6.04 Å². The minimum atomic E-state index is 0.594. The van der Waals surface area contributed by atoms with Crippen LogP contribution in [0.25, 0.3) is 0 Å². The predicted molar refractivity (Wildman–Crippen MR) is 63.9 cm³/mol. The van der Waals surface area contributed by atoms with Gasteiger partial charge in [0.15, 0.2) is 0 Å². The molecule has 82 valence electrons. The van der Waals surface area contributed by atoms with E-state index in [-0.39, 0.29) is 0 Å². The van der Waals surface area contributed by atoms with Crippen LogP contribution >= 0.6 is 0 Å². The van der Waals surface area contributed by atoms with E-state index in [4.69, 9.17) is 0 Å². The van der Waals surface area contributed by atoms with Crippen molar-refractivity contribution in [3.05, 3.63) is 35.9 Å². The second-order valence-electron chi connectivity index (χ2n) is 4.50. The molecule has 1 unspecified atom stereocenters. The van der Waals surface area contributed by atoms with Gasteiger partial charge in [0.05, 0.1) is 0 Å². The van der Waals surface area contributed by atoms with Crippen molar-refractivity contribution in [2.24, 2.45) is 0 Å². The zero-order valence-electron chi connectivity index (χ0n) is 9.69. The molecule has 2 nitrogen and oxygen atoms in total. The SMILES string of the molecule is CN1CCC(c2ccccc2)N(C)CC1. The fourth-order valence-corrected chi connectivity index (χ4v) is 2.26. The highest BCUT2D eigenvalue weighted by Crippen LogP contribution is 2.24. The molecule has 1 saturated heterocycles. The molecule has 1 aliphatic heterocycles. The van der Waals surface area contributed by atoms with Gasteiger partial charge in [0.25, 0.3) is 0 Å². The maximum atomic E-state index is 2.47. The van der Waals surface area contributed by atoms with Gasteiger partial charge in [0.2, 0.25) is 0 Å². The molecule has 0 saturated carbocycles. The number of nitrogens with zero attached hydrogens (tertiary/aromatic N) is 2. The van der Waals surface area contributed by atoms with Crippen molar-refractivity contribution in [2.75, 3.05) is 33.7 Å². The Kier molecular flexibility index (Phi) is 3.39. The van der Waals surface area contributed by atoms with Crippen molar-refractivity contribution in [1.29, 1.82) is 0 Å². The Hall–Kier alpha value is -0.860. The van der Waals surface area contributed by atoms with Crippen LogP contribution in [0.4, 0.5) is 0 Å². The molecule has 1 aromatic carbocycles. The number of rotatable bonds is 1. The van der Waals surface area contributed by atoms with E-state index < -0.39 is 0 Å². The highest BCUT2D eigenvalue weighted by molar-refractivity contribution is 5.19. The Morgan fingerprint density at radius 1 is 1.00 bits per heavy atom. The quantitative estimate of drug-likeness (QED) is 0.690. The summed E-state index contributed by atoms with van der Waals surface area (Å²) < 4.78 is 0. The van der Waals surface area contributed by atoms with Crippen LogP contribution in [-0.4, -0.2) is 43.5 Å². The van der Waals surface area contributed by atoms with Crippen LogP contribution < -0.4 is 0 Å². The molecule has 0 aliphatic carbocycles. The van der Waals surface area contributed by atoms with Crippen molar-refractivity contribution in [3.8, 4) is 0 Å². The zero-order chi connectivity index (χ0) is 10.7. The average molecular weight is 204 g/mol. The van der Waals surface area contributed by atoms with Gasteiger partial charge in [-0.05, 0) is 32.6 Å². The summed E-state index contributed by atoms with van der Waals surface area (Å²) in [6.07, 6.45) is 1.23. The molecule has 15 heavy (non-hydrogen) atoms. The van der Waals surface area contributed by atoms with E-state index in [9.17, 15) is 0 Å². The largest absolute Gasteiger partial charge is 0.305 e. The third-order valence-corrected chi connectivity index (χ3v) is 3.34. The van der Waals surface area contributed by atoms with Crippen LogP contribution in [0.5, 0.6) is 0 Å². The van der Waals surface area contributed by atoms with Crippen molar-refractivity contribution < 1.29 is 0 Å². The van der Waals surface area contributed by atoms with Gasteiger partial charge in [-0.1, -0.05) is 30.3 Å². The fraction of sp³-hybridized carbons (Fsp3) is 0.538. The summed E-state index contributed by atoms with van der Waals surface area (Å²) in [6.45, 7) is 3.54. The van der Waals surface area contributed by atoms with Gasteiger partial charge in [-0.3, -0.25) is 4.90 Å². The van der Waals surface area contributed by atoms with E-state index >= 15 is 0 Å². The van der Waals surface area contributed by atoms with E-state index in [1.165, 1.54) is 25.1 Å². The lowest BCUT2D eigenvalue weighted by Gasteiger charge is -2.25. The number of likely N-dealkylation sites (N-methyl/N-ethyl adjacent to an activating group) is 2. The molecule has 1 aliphatic rings. The highest BCUT2D eigenvalue weighted by Gasteiger charge is 2.20. The van der Waals surface area contributed by atoms with Crippen LogP contribution in [0, 0.1) is 0 Å². The molecular formula is C13H20N2. The molecule has 2 heteroatoms. The maximum absolute atomic E-state index is 2.47. The lowest BCUT2D eigenvalue weighted by molar-refractivity contribution is 0.255. The molecule has 0 bridgehead atoms. The van der Waals surface area contributed by atoms with E-state index in [1.54, 1.807) is 0 Å². The lowest BCUT2D eigenvalue weighted by atomic mass is 10.0. The first-order chi connectivity index (χ1) is 7.27. The first-order valence-corrected chi connectivity index (χ1v) is 5.71. The van der Waals surface area contributed by atoms with Crippen molar-refractivity contribution in [1.82, 2.24) is 9.80 Å².